The molecule has 0 rings (SSSR count). The Hall–Kier alpha value is -0.233. The molecular weight excluding hydrogens is 222 g/mol. The Labute approximate surface area is 101 Å². The molecule has 16 heavy (non-hydrogen) atoms. The maximum atomic E-state index is 5.46. The van der Waals surface area contributed by atoms with E-state index in [-0.39, 0.29) is 6.04 Å². The molecule has 0 aromatic heterocycles. The molecule has 0 N–H and O–H groups in total. The van der Waals surface area contributed by atoms with Crippen LogP contribution in [0.3, 0.4) is 0 Å². The van der Waals surface area contributed by atoms with Crippen molar-refractivity contribution in [1.29, 1.82) is 0 Å². The van der Waals surface area contributed by atoms with E-state index in [1.54, 1.807) is 14.2 Å². The Bertz CT molecular complexity index is 205. The lowest BCUT2D eigenvalue weighted by atomic mass is 10.1. The molecule has 0 spiro atoms. The van der Waals surface area contributed by atoms with Crippen molar-refractivity contribution in [3.8, 4) is 0 Å². The van der Waals surface area contributed by atoms with Crippen molar-refractivity contribution < 1.29 is 13.3 Å². The SMILES string of the molecule is CO[Si](OC)OCC(C)N=C(C)CC(C)C. The Kier molecular flexibility index (Phi) is 8.74. The number of hydrogen-bond donors (Lipinski definition) is 0. The molecule has 0 aromatic rings. The highest BCUT2D eigenvalue weighted by Gasteiger charge is 2.16. The minimum absolute atomic E-state index is 0.157. The molecule has 0 aliphatic rings. The van der Waals surface area contributed by atoms with Crippen LogP contribution in [0.5, 0.6) is 0 Å². The first-order valence-electron chi connectivity index (χ1n) is 5.60. The number of rotatable bonds is 8. The van der Waals surface area contributed by atoms with E-state index in [4.69, 9.17) is 13.3 Å². The third-order valence-electron chi connectivity index (χ3n) is 1.92. The van der Waals surface area contributed by atoms with Crippen molar-refractivity contribution in [1.82, 2.24) is 0 Å². The zero-order valence-corrected chi connectivity index (χ0v) is 12.2. The minimum Gasteiger partial charge on any atom is -0.375 e. The van der Waals surface area contributed by atoms with Crippen LogP contribution in [0.2, 0.25) is 0 Å². The number of aliphatic imine (C=N–C) groups is 1. The molecule has 0 saturated heterocycles. The van der Waals surface area contributed by atoms with Gasteiger partial charge in [0, 0.05) is 19.9 Å². The van der Waals surface area contributed by atoms with Gasteiger partial charge in [0.1, 0.15) is 0 Å². The lowest BCUT2D eigenvalue weighted by molar-refractivity contribution is 0.130. The molecule has 1 unspecified atom stereocenters. The molecule has 1 atom stereocenters. The van der Waals surface area contributed by atoms with Crippen LogP contribution in [0.1, 0.15) is 34.1 Å². The Morgan fingerprint density at radius 3 is 2.19 bits per heavy atom. The van der Waals surface area contributed by atoms with E-state index in [0.717, 1.165) is 6.42 Å². The highest BCUT2D eigenvalue weighted by Crippen LogP contribution is 2.04. The molecule has 4 nitrogen and oxygen atoms in total. The topological polar surface area (TPSA) is 40.0 Å². The summed E-state index contributed by atoms with van der Waals surface area (Å²) in [4.78, 5) is 4.55. The minimum atomic E-state index is -1.55. The summed E-state index contributed by atoms with van der Waals surface area (Å²) in [6.07, 6.45) is 1.04. The summed E-state index contributed by atoms with van der Waals surface area (Å²) in [5, 5.41) is 0. The zero-order chi connectivity index (χ0) is 12.6. The molecule has 0 fully saturated rings. The fourth-order valence-electron chi connectivity index (χ4n) is 1.45. The maximum absolute atomic E-state index is 5.46. The second-order valence-corrected chi connectivity index (χ2v) is 5.89. The molecule has 0 amide bonds. The van der Waals surface area contributed by atoms with Crippen molar-refractivity contribution in [2.45, 2.75) is 40.2 Å². The van der Waals surface area contributed by atoms with Gasteiger partial charge in [-0.25, -0.2) is 0 Å². The van der Waals surface area contributed by atoms with E-state index in [0.29, 0.717) is 12.5 Å². The lowest BCUT2D eigenvalue weighted by Gasteiger charge is -2.13. The first kappa shape index (κ1) is 15.8. The second-order valence-electron chi connectivity index (χ2n) is 4.28. The third-order valence-corrected chi connectivity index (χ3v) is 2.99. The van der Waals surface area contributed by atoms with Crippen LogP contribution in [0.4, 0.5) is 0 Å². The fourth-order valence-corrected chi connectivity index (χ4v) is 2.23. The Balaban J connectivity index is 3.92. The second kappa shape index (κ2) is 8.87. The fraction of sp³-hybridized carbons (Fsp3) is 0.909. The zero-order valence-electron chi connectivity index (χ0n) is 11.2. The number of nitrogens with zero attached hydrogens (tertiary/aromatic N) is 1. The molecular formula is C11H24NO3Si. The van der Waals surface area contributed by atoms with Crippen LogP contribution >= 0.6 is 0 Å². The first-order chi connectivity index (χ1) is 7.49. The predicted octanol–water partition coefficient (Wildman–Crippen LogP) is 2.18. The predicted molar refractivity (Wildman–Crippen MR) is 67.8 cm³/mol. The van der Waals surface area contributed by atoms with Crippen molar-refractivity contribution in [2.24, 2.45) is 10.9 Å². The first-order valence-corrected chi connectivity index (χ1v) is 6.83. The highest BCUT2D eigenvalue weighted by atomic mass is 28.3. The molecule has 0 aliphatic carbocycles. The maximum Gasteiger partial charge on any atom is 0.577 e. The average molecular weight is 246 g/mol. The van der Waals surface area contributed by atoms with E-state index < -0.39 is 9.53 Å². The summed E-state index contributed by atoms with van der Waals surface area (Å²) in [7, 11) is 1.64. The number of hydrogen-bond acceptors (Lipinski definition) is 4. The standard InChI is InChI=1S/C11H24NO3Si/c1-9(2)7-10(3)12-11(4)8-15-16(13-5)14-6/h9,11H,7-8H2,1-6H3. The van der Waals surface area contributed by atoms with Crippen molar-refractivity contribution >= 4 is 15.2 Å². The van der Waals surface area contributed by atoms with E-state index >= 15 is 0 Å². The largest absolute Gasteiger partial charge is 0.577 e. The lowest BCUT2D eigenvalue weighted by Crippen LogP contribution is -2.27. The quantitative estimate of drug-likeness (QED) is 0.487. The van der Waals surface area contributed by atoms with Crippen LogP contribution in [0, 0.1) is 5.92 Å². The smallest absolute Gasteiger partial charge is 0.375 e. The molecule has 0 saturated carbocycles. The summed E-state index contributed by atoms with van der Waals surface area (Å²) in [6.45, 7) is 9.03. The summed E-state index contributed by atoms with van der Waals surface area (Å²) in [5.41, 5.74) is 1.18. The molecule has 0 heterocycles. The van der Waals surface area contributed by atoms with Gasteiger partial charge >= 0.3 is 9.53 Å². The van der Waals surface area contributed by atoms with Gasteiger partial charge in [-0.3, -0.25) is 4.99 Å². The van der Waals surface area contributed by atoms with Gasteiger partial charge in [0.2, 0.25) is 0 Å². The summed E-state index contributed by atoms with van der Waals surface area (Å²) >= 11 is 0. The molecule has 5 heteroatoms. The van der Waals surface area contributed by atoms with Gasteiger partial charge < -0.3 is 13.3 Å². The van der Waals surface area contributed by atoms with Gasteiger partial charge in [-0.05, 0) is 26.2 Å². The average Bonchev–Trinajstić information content (AvgIpc) is 2.17. The van der Waals surface area contributed by atoms with Crippen LogP contribution in [0.25, 0.3) is 0 Å². The van der Waals surface area contributed by atoms with Crippen molar-refractivity contribution in [2.75, 3.05) is 20.8 Å². The molecule has 0 bridgehead atoms. The summed E-state index contributed by atoms with van der Waals surface area (Å²) < 4.78 is 15.5. The third kappa shape index (κ3) is 7.98. The molecule has 0 aliphatic heterocycles. The van der Waals surface area contributed by atoms with Crippen molar-refractivity contribution in [3.63, 3.8) is 0 Å². The van der Waals surface area contributed by atoms with Gasteiger partial charge in [0.25, 0.3) is 0 Å². The van der Waals surface area contributed by atoms with Crippen LogP contribution in [-0.4, -0.2) is 42.1 Å². The monoisotopic (exact) mass is 246 g/mol. The van der Waals surface area contributed by atoms with E-state index in [1.807, 2.05) is 6.92 Å². The highest BCUT2D eigenvalue weighted by molar-refractivity contribution is 6.36. The molecule has 95 valence electrons. The van der Waals surface area contributed by atoms with Crippen LogP contribution in [-0.2, 0) is 13.3 Å². The van der Waals surface area contributed by atoms with Gasteiger partial charge in [-0.1, -0.05) is 13.8 Å². The summed E-state index contributed by atoms with van der Waals surface area (Å²) in [6, 6.07) is 0.157. The van der Waals surface area contributed by atoms with Crippen LogP contribution in [0.15, 0.2) is 4.99 Å². The van der Waals surface area contributed by atoms with Gasteiger partial charge in [-0.2, -0.15) is 0 Å². The molecule has 1 radical (unpaired) electrons. The summed E-state index contributed by atoms with van der Waals surface area (Å²) in [5.74, 6) is 0.648. The van der Waals surface area contributed by atoms with E-state index in [1.165, 1.54) is 5.71 Å². The van der Waals surface area contributed by atoms with Crippen molar-refractivity contribution in [3.05, 3.63) is 0 Å². The van der Waals surface area contributed by atoms with E-state index in [2.05, 4.69) is 25.8 Å². The normalized spacial score (nSPS) is 14.9. The Morgan fingerprint density at radius 2 is 1.75 bits per heavy atom. The van der Waals surface area contributed by atoms with Gasteiger partial charge in [0.15, 0.2) is 0 Å². The molecule has 0 aromatic carbocycles. The van der Waals surface area contributed by atoms with Gasteiger partial charge in [0.05, 0.1) is 12.6 Å². The van der Waals surface area contributed by atoms with Gasteiger partial charge in [-0.15, -0.1) is 0 Å². The van der Waals surface area contributed by atoms with E-state index in [9.17, 15) is 0 Å². The van der Waals surface area contributed by atoms with Crippen LogP contribution < -0.4 is 0 Å². The Morgan fingerprint density at radius 1 is 1.19 bits per heavy atom.